The first kappa shape index (κ1) is 16.5. The van der Waals surface area contributed by atoms with Crippen LogP contribution in [0.1, 0.15) is 40.0 Å². The number of hydrogen-bond donors (Lipinski definition) is 1. The van der Waals surface area contributed by atoms with Crippen molar-refractivity contribution in [3.05, 3.63) is 30.3 Å². The molecule has 3 heteroatoms. The van der Waals surface area contributed by atoms with Gasteiger partial charge in [0.15, 0.2) is 0 Å². The molecule has 1 rings (SSSR count). The minimum atomic E-state index is -0.275. The Hall–Kier alpha value is -1.53. The lowest BCUT2D eigenvalue weighted by atomic mass is 9.89. The van der Waals surface area contributed by atoms with Gasteiger partial charge in [0.1, 0.15) is 0 Å². The molecule has 0 radical (unpaired) electrons. The Kier molecular flexibility index (Phi) is 6.54. The summed E-state index contributed by atoms with van der Waals surface area (Å²) in [5, 5.41) is 18.6. The van der Waals surface area contributed by atoms with Gasteiger partial charge < -0.3 is 10.0 Å². The summed E-state index contributed by atoms with van der Waals surface area (Å²) >= 11 is 0. The molecule has 110 valence electrons. The molecule has 1 aromatic rings. The number of benzene rings is 1. The summed E-state index contributed by atoms with van der Waals surface area (Å²) in [7, 11) is 0. The zero-order chi connectivity index (χ0) is 15.0. The Bertz CT molecular complexity index is 418. The van der Waals surface area contributed by atoms with Gasteiger partial charge in [0.2, 0.25) is 0 Å². The zero-order valence-corrected chi connectivity index (χ0v) is 12.8. The fraction of sp³-hybridized carbons (Fsp3) is 0.588. The van der Waals surface area contributed by atoms with Crippen molar-refractivity contribution in [2.45, 2.75) is 46.1 Å². The number of anilines is 1. The summed E-state index contributed by atoms with van der Waals surface area (Å²) in [5.74, 6) is 0. The summed E-state index contributed by atoms with van der Waals surface area (Å²) in [6.45, 7) is 7.07. The van der Waals surface area contributed by atoms with Gasteiger partial charge in [-0.1, -0.05) is 25.1 Å². The fourth-order valence-corrected chi connectivity index (χ4v) is 2.34. The van der Waals surface area contributed by atoms with Gasteiger partial charge in [-0.2, -0.15) is 5.26 Å². The van der Waals surface area contributed by atoms with Crippen LogP contribution in [0.2, 0.25) is 0 Å². The van der Waals surface area contributed by atoms with E-state index in [9.17, 15) is 5.11 Å². The van der Waals surface area contributed by atoms with E-state index in [-0.39, 0.29) is 18.1 Å². The Labute approximate surface area is 122 Å². The third kappa shape index (κ3) is 4.86. The van der Waals surface area contributed by atoms with Gasteiger partial charge in [0, 0.05) is 12.2 Å². The Balaban J connectivity index is 2.72. The summed E-state index contributed by atoms with van der Waals surface area (Å²) in [6, 6.07) is 12.7. The second-order valence-electron chi connectivity index (χ2n) is 5.87. The van der Waals surface area contributed by atoms with Crippen molar-refractivity contribution in [2.75, 3.05) is 18.1 Å². The molecule has 0 aliphatic carbocycles. The maximum atomic E-state index is 9.57. The predicted octanol–water partition coefficient (Wildman–Crippen LogP) is 3.59. The van der Waals surface area contributed by atoms with E-state index < -0.39 is 0 Å². The first-order valence-electron chi connectivity index (χ1n) is 7.38. The molecule has 1 unspecified atom stereocenters. The molecular weight excluding hydrogens is 248 g/mol. The number of hydrogen-bond acceptors (Lipinski definition) is 3. The summed E-state index contributed by atoms with van der Waals surface area (Å²) in [6.07, 6.45) is 2.73. The number of rotatable bonds is 8. The highest BCUT2D eigenvalue weighted by molar-refractivity contribution is 5.47. The van der Waals surface area contributed by atoms with E-state index in [1.807, 2.05) is 32.0 Å². The molecule has 1 atom stereocenters. The molecule has 0 aliphatic heterocycles. The van der Waals surface area contributed by atoms with Gasteiger partial charge >= 0.3 is 0 Å². The van der Waals surface area contributed by atoms with Crippen molar-refractivity contribution in [1.29, 1.82) is 5.26 Å². The molecule has 0 bridgehead atoms. The summed E-state index contributed by atoms with van der Waals surface area (Å²) in [5.41, 5.74) is 0.867. The highest BCUT2D eigenvalue weighted by Gasteiger charge is 2.20. The standard InChI is InChI=1S/C17H26N2O/c1-4-15(13-20)19(16-9-6-5-7-10-16)12-8-11-17(2,3)14-18/h5-7,9-10,15,20H,4,8,11-13H2,1-3H3. The first-order chi connectivity index (χ1) is 9.54. The van der Waals surface area contributed by atoms with E-state index in [4.69, 9.17) is 5.26 Å². The van der Waals surface area contributed by atoms with Crippen molar-refractivity contribution in [2.24, 2.45) is 5.41 Å². The van der Waals surface area contributed by atoms with Crippen LogP contribution in [0.15, 0.2) is 30.3 Å². The average Bonchev–Trinajstić information content (AvgIpc) is 2.47. The molecule has 0 saturated carbocycles. The smallest absolute Gasteiger partial charge is 0.0683 e. The molecule has 3 nitrogen and oxygen atoms in total. The highest BCUT2D eigenvalue weighted by Crippen LogP contribution is 2.24. The lowest BCUT2D eigenvalue weighted by molar-refractivity contribution is 0.254. The van der Waals surface area contributed by atoms with Gasteiger partial charge in [0.25, 0.3) is 0 Å². The number of aliphatic hydroxyl groups is 1. The van der Waals surface area contributed by atoms with E-state index in [1.165, 1.54) is 0 Å². The first-order valence-corrected chi connectivity index (χ1v) is 7.38. The van der Waals surface area contributed by atoms with Crippen LogP contribution >= 0.6 is 0 Å². The molecule has 1 N–H and O–H groups in total. The van der Waals surface area contributed by atoms with E-state index in [1.54, 1.807) is 0 Å². The SMILES string of the molecule is CCC(CO)N(CCCC(C)(C)C#N)c1ccccc1. The van der Waals surface area contributed by atoms with Crippen molar-refractivity contribution in [1.82, 2.24) is 0 Å². The van der Waals surface area contributed by atoms with Gasteiger partial charge in [0.05, 0.1) is 24.1 Å². The topological polar surface area (TPSA) is 47.3 Å². The molecule has 1 aromatic carbocycles. The minimum absolute atomic E-state index is 0.141. The lowest BCUT2D eigenvalue weighted by Crippen LogP contribution is -2.38. The van der Waals surface area contributed by atoms with E-state index in [2.05, 4.69) is 30.0 Å². The number of para-hydroxylation sites is 1. The van der Waals surface area contributed by atoms with Gasteiger partial charge in [-0.25, -0.2) is 0 Å². The second-order valence-corrected chi connectivity index (χ2v) is 5.87. The lowest BCUT2D eigenvalue weighted by Gasteiger charge is -2.32. The molecule has 0 amide bonds. The largest absolute Gasteiger partial charge is 0.394 e. The maximum absolute atomic E-state index is 9.57. The molecular formula is C17H26N2O. The zero-order valence-electron chi connectivity index (χ0n) is 12.8. The summed E-state index contributed by atoms with van der Waals surface area (Å²) < 4.78 is 0. The monoisotopic (exact) mass is 274 g/mol. The Morgan fingerprint density at radius 1 is 1.30 bits per heavy atom. The summed E-state index contributed by atoms with van der Waals surface area (Å²) in [4.78, 5) is 2.26. The third-order valence-electron chi connectivity index (χ3n) is 3.71. The molecule has 0 fully saturated rings. The molecule has 20 heavy (non-hydrogen) atoms. The predicted molar refractivity (Wildman–Crippen MR) is 83.6 cm³/mol. The van der Waals surface area contributed by atoms with Crippen molar-refractivity contribution >= 4 is 5.69 Å². The molecule has 0 aromatic heterocycles. The molecule has 0 heterocycles. The number of aliphatic hydroxyl groups excluding tert-OH is 1. The second kappa shape index (κ2) is 7.91. The Morgan fingerprint density at radius 3 is 2.45 bits per heavy atom. The van der Waals surface area contributed by atoms with Gasteiger partial charge in [-0.05, 0) is 45.2 Å². The quantitative estimate of drug-likeness (QED) is 0.788. The van der Waals surface area contributed by atoms with Crippen LogP contribution < -0.4 is 4.90 Å². The van der Waals surface area contributed by atoms with Crippen LogP contribution in [0.25, 0.3) is 0 Å². The molecule has 0 saturated heterocycles. The van der Waals surface area contributed by atoms with Gasteiger partial charge in [-0.15, -0.1) is 0 Å². The van der Waals surface area contributed by atoms with Crippen molar-refractivity contribution in [3.63, 3.8) is 0 Å². The minimum Gasteiger partial charge on any atom is -0.394 e. The van der Waals surface area contributed by atoms with E-state index >= 15 is 0 Å². The number of nitriles is 1. The average molecular weight is 274 g/mol. The van der Waals surface area contributed by atoms with Crippen molar-refractivity contribution < 1.29 is 5.11 Å². The third-order valence-corrected chi connectivity index (χ3v) is 3.71. The van der Waals surface area contributed by atoms with Crippen LogP contribution in [0.4, 0.5) is 5.69 Å². The van der Waals surface area contributed by atoms with E-state index in [0.717, 1.165) is 31.5 Å². The van der Waals surface area contributed by atoms with Crippen LogP contribution in [0.5, 0.6) is 0 Å². The molecule has 0 spiro atoms. The number of nitrogens with zero attached hydrogens (tertiary/aromatic N) is 2. The highest BCUT2D eigenvalue weighted by atomic mass is 16.3. The maximum Gasteiger partial charge on any atom is 0.0683 e. The Morgan fingerprint density at radius 2 is 1.95 bits per heavy atom. The van der Waals surface area contributed by atoms with Crippen LogP contribution in [-0.2, 0) is 0 Å². The normalized spacial score (nSPS) is 12.8. The van der Waals surface area contributed by atoms with Crippen LogP contribution in [0, 0.1) is 16.7 Å². The van der Waals surface area contributed by atoms with Crippen LogP contribution in [0.3, 0.4) is 0 Å². The van der Waals surface area contributed by atoms with E-state index in [0.29, 0.717) is 0 Å². The fourth-order valence-electron chi connectivity index (χ4n) is 2.34. The van der Waals surface area contributed by atoms with Gasteiger partial charge in [-0.3, -0.25) is 0 Å². The van der Waals surface area contributed by atoms with Crippen molar-refractivity contribution in [3.8, 4) is 6.07 Å². The van der Waals surface area contributed by atoms with Crippen LogP contribution in [-0.4, -0.2) is 24.3 Å². The molecule has 0 aliphatic rings.